The summed E-state index contributed by atoms with van der Waals surface area (Å²) in [6.07, 6.45) is 1.04. The highest BCUT2D eigenvalue weighted by atomic mass is 16.6. The number of quaternary nitrogens is 1. The minimum atomic E-state index is 0.219. The third-order valence-corrected chi connectivity index (χ3v) is 1.94. The van der Waals surface area contributed by atoms with Gasteiger partial charge >= 0.3 is 0 Å². The zero-order chi connectivity index (χ0) is 7.45. The molecule has 0 aliphatic carbocycles. The number of nitrogens with zero attached hydrogens (tertiary/aromatic N) is 1. The lowest BCUT2D eigenvalue weighted by atomic mass is 10.3. The predicted octanol–water partition coefficient (Wildman–Crippen LogP) is 0.633. The van der Waals surface area contributed by atoms with E-state index < -0.39 is 0 Å². The standard InChI is InChI=1S/C7H16NO2/c1-2-3-8(9)4-6-10-7-5-8/h9H,2-7H2,1H3/q+1. The average molecular weight is 146 g/mol. The second kappa shape index (κ2) is 3.32. The Morgan fingerprint density at radius 2 is 2.00 bits per heavy atom. The first-order valence-electron chi connectivity index (χ1n) is 3.93. The Balaban J connectivity index is 2.32. The number of ether oxygens (including phenoxy) is 1. The first-order chi connectivity index (χ1) is 4.77. The minimum Gasteiger partial charge on any atom is -0.370 e. The molecular formula is C7H16NO2+. The molecule has 60 valence electrons. The lowest BCUT2D eigenvalue weighted by Gasteiger charge is -2.32. The first-order valence-corrected chi connectivity index (χ1v) is 3.93. The van der Waals surface area contributed by atoms with Crippen molar-refractivity contribution in [2.45, 2.75) is 13.3 Å². The van der Waals surface area contributed by atoms with Crippen LogP contribution in [0.5, 0.6) is 0 Å². The van der Waals surface area contributed by atoms with Crippen molar-refractivity contribution in [1.82, 2.24) is 0 Å². The summed E-state index contributed by atoms with van der Waals surface area (Å²) in [6.45, 7) is 5.88. The van der Waals surface area contributed by atoms with E-state index in [1.54, 1.807) is 0 Å². The van der Waals surface area contributed by atoms with Crippen LogP contribution in [0.4, 0.5) is 0 Å². The molecule has 0 unspecified atom stereocenters. The van der Waals surface area contributed by atoms with Crippen LogP contribution in [0.2, 0.25) is 0 Å². The lowest BCUT2D eigenvalue weighted by Crippen LogP contribution is -2.52. The van der Waals surface area contributed by atoms with E-state index in [0.717, 1.165) is 26.1 Å². The second-order valence-corrected chi connectivity index (χ2v) is 2.88. The van der Waals surface area contributed by atoms with Crippen LogP contribution in [0.1, 0.15) is 13.3 Å². The van der Waals surface area contributed by atoms with Crippen molar-refractivity contribution in [3.63, 3.8) is 0 Å². The van der Waals surface area contributed by atoms with Crippen molar-refractivity contribution in [3.05, 3.63) is 0 Å². The normalized spacial score (nSPS) is 24.6. The Hall–Kier alpha value is -0.120. The summed E-state index contributed by atoms with van der Waals surface area (Å²) in [5.74, 6) is 0. The third-order valence-electron chi connectivity index (χ3n) is 1.94. The molecule has 0 aromatic rings. The van der Waals surface area contributed by atoms with E-state index in [1.807, 2.05) is 0 Å². The lowest BCUT2D eigenvalue weighted by molar-refractivity contribution is -1.11. The number of hydroxylamine groups is 3. The molecule has 1 N–H and O–H groups in total. The molecule has 1 rings (SSSR count). The van der Waals surface area contributed by atoms with Crippen LogP contribution in [0.15, 0.2) is 0 Å². The molecule has 1 fully saturated rings. The highest BCUT2D eigenvalue weighted by Crippen LogP contribution is 2.07. The van der Waals surface area contributed by atoms with Crippen LogP contribution in [-0.4, -0.2) is 42.7 Å². The summed E-state index contributed by atoms with van der Waals surface area (Å²) < 4.78 is 5.35. The Morgan fingerprint density at radius 1 is 1.40 bits per heavy atom. The number of hydrogen-bond donors (Lipinski definition) is 1. The number of morpholine rings is 1. The van der Waals surface area contributed by atoms with Gasteiger partial charge in [0.2, 0.25) is 0 Å². The molecule has 10 heavy (non-hydrogen) atoms. The molecule has 0 aromatic carbocycles. The maximum Gasteiger partial charge on any atom is 0.132 e. The molecule has 3 heteroatoms. The van der Waals surface area contributed by atoms with Gasteiger partial charge in [0, 0.05) is 0 Å². The van der Waals surface area contributed by atoms with E-state index in [1.165, 1.54) is 0 Å². The zero-order valence-electron chi connectivity index (χ0n) is 6.55. The van der Waals surface area contributed by atoms with Crippen LogP contribution in [0.3, 0.4) is 0 Å². The molecule has 0 bridgehead atoms. The zero-order valence-corrected chi connectivity index (χ0v) is 6.55. The molecule has 1 aliphatic rings. The average Bonchev–Trinajstić information content (AvgIpc) is 1.89. The van der Waals surface area contributed by atoms with Crippen molar-refractivity contribution >= 4 is 0 Å². The fourth-order valence-corrected chi connectivity index (χ4v) is 1.32. The largest absolute Gasteiger partial charge is 0.370 e. The number of hydrogen-bond acceptors (Lipinski definition) is 2. The monoisotopic (exact) mass is 146 g/mol. The van der Waals surface area contributed by atoms with Crippen molar-refractivity contribution in [3.8, 4) is 0 Å². The number of rotatable bonds is 2. The van der Waals surface area contributed by atoms with Gasteiger partial charge in [0.25, 0.3) is 0 Å². The molecule has 3 nitrogen and oxygen atoms in total. The summed E-state index contributed by atoms with van der Waals surface area (Å²) in [5, 5.41) is 9.73. The first kappa shape index (κ1) is 7.98. The van der Waals surface area contributed by atoms with E-state index in [2.05, 4.69) is 6.92 Å². The SMILES string of the molecule is CCC[N+]1(O)CCOCC1. The molecule has 1 saturated heterocycles. The summed E-state index contributed by atoms with van der Waals surface area (Å²) in [4.78, 5) is 0. The van der Waals surface area contributed by atoms with Crippen LogP contribution in [-0.2, 0) is 4.74 Å². The van der Waals surface area contributed by atoms with Gasteiger partial charge in [0.1, 0.15) is 19.6 Å². The van der Waals surface area contributed by atoms with Crippen LogP contribution in [0, 0.1) is 0 Å². The van der Waals surface area contributed by atoms with Gasteiger partial charge in [-0.05, 0) is 6.42 Å². The molecule has 0 radical (unpaired) electrons. The molecular weight excluding hydrogens is 130 g/mol. The second-order valence-electron chi connectivity index (χ2n) is 2.88. The predicted molar refractivity (Wildman–Crippen MR) is 37.8 cm³/mol. The molecule has 0 amide bonds. The van der Waals surface area contributed by atoms with Gasteiger partial charge in [-0.2, -0.15) is 4.65 Å². The fraction of sp³-hybridized carbons (Fsp3) is 1.00. The smallest absolute Gasteiger partial charge is 0.132 e. The van der Waals surface area contributed by atoms with Crippen molar-refractivity contribution in [2.24, 2.45) is 0 Å². The maximum absolute atomic E-state index is 9.73. The molecule has 0 spiro atoms. The summed E-state index contributed by atoms with van der Waals surface area (Å²) >= 11 is 0. The quantitative estimate of drug-likeness (QED) is 0.579. The molecule has 0 saturated carbocycles. The van der Waals surface area contributed by atoms with Gasteiger partial charge in [-0.3, -0.25) is 0 Å². The van der Waals surface area contributed by atoms with E-state index in [0.29, 0.717) is 13.2 Å². The maximum atomic E-state index is 9.73. The highest BCUT2D eigenvalue weighted by Gasteiger charge is 2.27. The molecule has 1 heterocycles. The van der Waals surface area contributed by atoms with Crippen LogP contribution in [0.25, 0.3) is 0 Å². The van der Waals surface area contributed by atoms with E-state index in [4.69, 9.17) is 4.74 Å². The highest BCUT2D eigenvalue weighted by molar-refractivity contribution is 4.42. The minimum absolute atomic E-state index is 0.219. The van der Waals surface area contributed by atoms with Crippen molar-refractivity contribution < 1.29 is 14.6 Å². The topological polar surface area (TPSA) is 29.5 Å². The van der Waals surface area contributed by atoms with Gasteiger partial charge in [0.15, 0.2) is 0 Å². The van der Waals surface area contributed by atoms with Gasteiger partial charge in [0.05, 0.1) is 13.2 Å². The van der Waals surface area contributed by atoms with Crippen LogP contribution < -0.4 is 0 Å². The summed E-state index contributed by atoms with van der Waals surface area (Å²) in [6, 6.07) is 0. The fourth-order valence-electron chi connectivity index (χ4n) is 1.32. The van der Waals surface area contributed by atoms with Gasteiger partial charge in [-0.1, -0.05) is 6.92 Å². The van der Waals surface area contributed by atoms with Gasteiger partial charge in [-0.15, -0.1) is 0 Å². The third kappa shape index (κ3) is 1.94. The van der Waals surface area contributed by atoms with E-state index in [9.17, 15) is 5.21 Å². The van der Waals surface area contributed by atoms with E-state index >= 15 is 0 Å². The molecule has 1 aliphatic heterocycles. The van der Waals surface area contributed by atoms with Crippen molar-refractivity contribution in [2.75, 3.05) is 32.8 Å². The Labute approximate surface area is 61.8 Å². The Morgan fingerprint density at radius 3 is 2.50 bits per heavy atom. The van der Waals surface area contributed by atoms with Crippen LogP contribution >= 0.6 is 0 Å². The van der Waals surface area contributed by atoms with E-state index in [-0.39, 0.29) is 4.65 Å². The van der Waals surface area contributed by atoms with Gasteiger partial charge < -0.3 is 4.74 Å². The molecule has 0 aromatic heterocycles. The molecule has 0 atom stereocenters. The van der Waals surface area contributed by atoms with Gasteiger partial charge in [-0.25, -0.2) is 5.21 Å². The van der Waals surface area contributed by atoms with Crippen molar-refractivity contribution in [1.29, 1.82) is 0 Å². The summed E-state index contributed by atoms with van der Waals surface area (Å²) in [5.41, 5.74) is 0. The Bertz CT molecular complexity index is 94.3. The Kier molecular flexibility index (Phi) is 2.65. The summed E-state index contributed by atoms with van der Waals surface area (Å²) in [7, 11) is 0.